The number of carbonyl (C=O) groups excluding carboxylic acids is 1. The molecule has 1 aromatic heterocycles. The minimum absolute atomic E-state index is 0.131. The Morgan fingerprint density at radius 3 is 2.65 bits per heavy atom. The van der Waals surface area contributed by atoms with Crippen molar-refractivity contribution in [3.8, 4) is 16.9 Å². The number of esters is 1. The minimum Gasteiger partial charge on any atom is -0.598 e. The molecular formula is C32H36FNO5S. The topological polar surface area (TPSA) is 83.8 Å². The van der Waals surface area contributed by atoms with Crippen LogP contribution in [-0.2, 0) is 33.9 Å². The van der Waals surface area contributed by atoms with Gasteiger partial charge in [0.25, 0.3) is 0 Å². The molecule has 0 spiro atoms. The molecule has 4 aromatic rings. The molecule has 3 aromatic carbocycles. The van der Waals surface area contributed by atoms with Crippen molar-refractivity contribution >= 4 is 28.3 Å². The number of ether oxygens (including phenoxy) is 2. The van der Waals surface area contributed by atoms with Gasteiger partial charge in [0.15, 0.2) is 0 Å². The van der Waals surface area contributed by atoms with E-state index in [2.05, 4.69) is 4.72 Å². The number of fused-ring (bicyclic) bond motifs is 1. The molecule has 0 aliphatic rings. The number of nitrogens with one attached hydrogen (secondary N) is 1. The summed E-state index contributed by atoms with van der Waals surface area (Å²) < 4.78 is 46.3. The van der Waals surface area contributed by atoms with Gasteiger partial charge in [-0.1, -0.05) is 30.3 Å². The summed E-state index contributed by atoms with van der Waals surface area (Å²) in [5.41, 5.74) is 5.79. The maximum atomic E-state index is 14.1. The zero-order chi connectivity index (χ0) is 28.9. The lowest BCUT2D eigenvalue weighted by atomic mass is 9.97. The van der Waals surface area contributed by atoms with Crippen molar-refractivity contribution < 1.29 is 27.6 Å². The number of rotatable bonds is 11. The fraction of sp³-hybridized carbons (Fsp3) is 0.344. The molecule has 0 saturated carbocycles. The summed E-state index contributed by atoms with van der Waals surface area (Å²) >= 11 is -1.42. The summed E-state index contributed by atoms with van der Waals surface area (Å²) in [4.78, 5) is 12.1. The molecule has 0 radical (unpaired) electrons. The first-order valence-electron chi connectivity index (χ1n) is 13.3. The molecule has 0 amide bonds. The largest absolute Gasteiger partial charge is 0.598 e. The van der Waals surface area contributed by atoms with Crippen LogP contribution in [0.15, 0.2) is 71.3 Å². The first kappa shape index (κ1) is 29.6. The molecule has 0 bridgehead atoms. The van der Waals surface area contributed by atoms with Gasteiger partial charge in [0.2, 0.25) is 0 Å². The number of benzene rings is 3. The van der Waals surface area contributed by atoms with Crippen LogP contribution in [-0.4, -0.2) is 28.6 Å². The normalized spacial score (nSPS) is 13.3. The highest BCUT2D eigenvalue weighted by molar-refractivity contribution is 7.90. The summed E-state index contributed by atoms with van der Waals surface area (Å²) in [5, 5.41) is 0.909. The highest BCUT2D eigenvalue weighted by atomic mass is 32.2. The van der Waals surface area contributed by atoms with Crippen LogP contribution in [0.25, 0.3) is 22.1 Å². The number of carbonyl (C=O) groups is 1. The van der Waals surface area contributed by atoms with E-state index < -0.39 is 28.8 Å². The van der Waals surface area contributed by atoms with E-state index in [1.54, 1.807) is 13.2 Å². The van der Waals surface area contributed by atoms with E-state index >= 15 is 0 Å². The molecule has 4 rings (SSSR count). The van der Waals surface area contributed by atoms with Crippen molar-refractivity contribution in [3.63, 3.8) is 0 Å². The lowest BCUT2D eigenvalue weighted by molar-refractivity contribution is -0.142. The number of furan rings is 1. The Morgan fingerprint density at radius 1 is 1.12 bits per heavy atom. The molecule has 0 aliphatic heterocycles. The molecule has 8 heteroatoms. The van der Waals surface area contributed by atoms with E-state index in [0.29, 0.717) is 23.5 Å². The Balaban J connectivity index is 1.63. The summed E-state index contributed by atoms with van der Waals surface area (Å²) in [6.45, 7) is 9.20. The second-order valence-electron chi connectivity index (χ2n) is 10.7. The van der Waals surface area contributed by atoms with Gasteiger partial charge in [0.05, 0.1) is 19.3 Å². The van der Waals surface area contributed by atoms with E-state index in [-0.39, 0.29) is 19.0 Å². The van der Waals surface area contributed by atoms with Crippen molar-refractivity contribution in [3.05, 3.63) is 89.2 Å². The van der Waals surface area contributed by atoms with Crippen LogP contribution in [0.5, 0.6) is 5.75 Å². The number of aryl methyl sites for hydroxylation is 1. The maximum Gasteiger partial charge on any atom is 0.310 e. The highest BCUT2D eigenvalue weighted by Crippen LogP contribution is 2.34. The fourth-order valence-corrected chi connectivity index (χ4v) is 5.14. The number of alkyl halides is 1. The minimum atomic E-state index is -1.42. The van der Waals surface area contributed by atoms with Crippen molar-refractivity contribution in [2.45, 2.75) is 58.4 Å². The third-order valence-corrected chi connectivity index (χ3v) is 8.04. The molecule has 40 heavy (non-hydrogen) atoms. The first-order valence-corrected chi connectivity index (χ1v) is 14.5. The zero-order valence-electron chi connectivity index (χ0n) is 23.6. The SMILES string of the molecule is CCOC(=O)Cc1ccc(C)cc1OCc1cc(-c2cccc([C@H](CF)N[S@+]([O-])C(C)(C)C)c2)c2occc2c1. The van der Waals surface area contributed by atoms with E-state index in [4.69, 9.17) is 13.9 Å². The molecule has 0 fully saturated rings. The lowest BCUT2D eigenvalue weighted by Crippen LogP contribution is -2.41. The second kappa shape index (κ2) is 12.9. The Labute approximate surface area is 238 Å². The van der Waals surface area contributed by atoms with Crippen LogP contribution in [0.3, 0.4) is 0 Å². The van der Waals surface area contributed by atoms with Crippen molar-refractivity contribution in [1.82, 2.24) is 4.72 Å². The number of hydrogen-bond acceptors (Lipinski definition) is 6. The van der Waals surface area contributed by atoms with Crippen LogP contribution in [0.2, 0.25) is 0 Å². The predicted molar refractivity (Wildman–Crippen MR) is 157 cm³/mol. The van der Waals surface area contributed by atoms with Crippen molar-refractivity contribution in [2.24, 2.45) is 0 Å². The van der Waals surface area contributed by atoms with Gasteiger partial charge in [-0.2, -0.15) is 0 Å². The smallest absolute Gasteiger partial charge is 0.310 e. The third kappa shape index (κ3) is 7.24. The summed E-state index contributed by atoms with van der Waals surface area (Å²) in [6, 6.07) is 18.5. The molecule has 0 unspecified atom stereocenters. The molecule has 1 N–H and O–H groups in total. The highest BCUT2D eigenvalue weighted by Gasteiger charge is 2.30. The summed E-state index contributed by atoms with van der Waals surface area (Å²) in [5.74, 6) is 0.332. The van der Waals surface area contributed by atoms with Gasteiger partial charge in [-0.25, -0.2) is 4.39 Å². The second-order valence-corrected chi connectivity index (χ2v) is 12.7. The molecule has 212 valence electrons. The van der Waals surface area contributed by atoms with E-state index in [0.717, 1.165) is 33.2 Å². The van der Waals surface area contributed by atoms with Gasteiger partial charge in [-0.15, -0.1) is 4.72 Å². The van der Waals surface area contributed by atoms with Crippen LogP contribution in [0.1, 0.15) is 56.0 Å². The van der Waals surface area contributed by atoms with Gasteiger partial charge >= 0.3 is 5.97 Å². The van der Waals surface area contributed by atoms with Crippen LogP contribution < -0.4 is 9.46 Å². The predicted octanol–water partition coefficient (Wildman–Crippen LogP) is 7.16. The van der Waals surface area contributed by atoms with Gasteiger partial charge in [-0.05, 0) is 87.2 Å². The Morgan fingerprint density at radius 2 is 1.93 bits per heavy atom. The molecular weight excluding hydrogens is 529 g/mol. The van der Waals surface area contributed by atoms with E-state index in [1.165, 1.54) is 0 Å². The van der Waals surface area contributed by atoms with Crippen LogP contribution in [0, 0.1) is 6.92 Å². The molecule has 1 heterocycles. The number of hydrogen-bond donors (Lipinski definition) is 1. The summed E-state index contributed by atoms with van der Waals surface area (Å²) in [7, 11) is 0. The Kier molecular flexibility index (Phi) is 9.56. The third-order valence-electron chi connectivity index (χ3n) is 6.43. The van der Waals surface area contributed by atoms with Gasteiger partial charge < -0.3 is 18.4 Å². The zero-order valence-corrected chi connectivity index (χ0v) is 24.4. The van der Waals surface area contributed by atoms with Gasteiger partial charge in [0, 0.05) is 27.9 Å². The van der Waals surface area contributed by atoms with E-state index in [1.807, 2.05) is 88.4 Å². The first-order chi connectivity index (χ1) is 19.1. The fourth-order valence-electron chi connectivity index (χ4n) is 4.33. The monoisotopic (exact) mass is 565 g/mol. The molecule has 0 saturated heterocycles. The molecule has 6 nitrogen and oxygen atoms in total. The van der Waals surface area contributed by atoms with Crippen molar-refractivity contribution in [1.29, 1.82) is 0 Å². The maximum absolute atomic E-state index is 14.1. The van der Waals surface area contributed by atoms with Crippen molar-refractivity contribution in [2.75, 3.05) is 13.3 Å². The van der Waals surface area contributed by atoms with Crippen LogP contribution >= 0.6 is 0 Å². The van der Waals surface area contributed by atoms with Crippen LogP contribution in [0.4, 0.5) is 4.39 Å². The van der Waals surface area contributed by atoms with E-state index in [9.17, 15) is 13.7 Å². The number of halogens is 1. The lowest BCUT2D eigenvalue weighted by Gasteiger charge is -2.27. The molecule has 2 atom stereocenters. The average molecular weight is 566 g/mol. The summed E-state index contributed by atoms with van der Waals surface area (Å²) in [6.07, 6.45) is 1.77. The Hall–Kier alpha value is -3.33. The van der Waals surface area contributed by atoms with Gasteiger partial charge in [-0.3, -0.25) is 4.79 Å². The molecule has 0 aliphatic carbocycles. The quantitative estimate of drug-likeness (QED) is 0.154. The van der Waals surface area contributed by atoms with Gasteiger partial charge in [0.1, 0.15) is 35.4 Å². The Bertz CT molecular complexity index is 1460. The standard InChI is InChI=1S/C32H36FNO5S/c1-6-37-30(35)18-25-11-10-21(2)14-29(25)39-20-22-15-26-12-13-38-31(26)27(16-22)23-8-7-9-24(17-23)28(19-33)34-40(36)32(3,4)5/h7-17,28,34H,6,18-20H2,1-5H3/t28-,40+/m0/s1. The average Bonchev–Trinajstić information content (AvgIpc) is 3.39.